The van der Waals surface area contributed by atoms with Crippen LogP contribution in [0.15, 0.2) is 29.5 Å². The Labute approximate surface area is 186 Å². The summed E-state index contributed by atoms with van der Waals surface area (Å²) in [6.45, 7) is 7.00. The minimum absolute atomic E-state index is 0.0529. The molecule has 1 unspecified atom stereocenters. The molecule has 2 fully saturated rings. The van der Waals surface area contributed by atoms with Crippen LogP contribution in [0.2, 0.25) is 0 Å². The lowest BCUT2D eigenvalue weighted by atomic mass is 9.68. The highest BCUT2D eigenvalue weighted by atomic mass is 79.9. The molecule has 1 aromatic heterocycles. The van der Waals surface area contributed by atoms with Crippen molar-refractivity contribution in [3.63, 3.8) is 0 Å². The zero-order valence-corrected chi connectivity index (χ0v) is 19.3. The van der Waals surface area contributed by atoms with Gasteiger partial charge in [-0.2, -0.15) is 0 Å². The second-order valence-electron chi connectivity index (χ2n) is 9.23. The van der Waals surface area contributed by atoms with Crippen molar-refractivity contribution in [3.8, 4) is 0 Å². The third-order valence-electron chi connectivity index (χ3n) is 6.77. The van der Waals surface area contributed by atoms with E-state index in [0.29, 0.717) is 18.2 Å². The fourth-order valence-corrected chi connectivity index (χ4v) is 5.49. The number of rotatable bonds is 8. The smallest absolute Gasteiger partial charge is 0.240 e. The lowest BCUT2D eigenvalue weighted by molar-refractivity contribution is -0.125. The van der Waals surface area contributed by atoms with Gasteiger partial charge in [0.2, 0.25) is 11.8 Å². The maximum atomic E-state index is 12.6. The Morgan fingerprint density at radius 1 is 1.33 bits per heavy atom. The highest BCUT2D eigenvalue weighted by molar-refractivity contribution is 9.10. The lowest BCUT2D eigenvalue weighted by Gasteiger charge is -2.40. The number of nitrogens with one attached hydrogen (secondary N) is 3. The van der Waals surface area contributed by atoms with Gasteiger partial charge >= 0.3 is 0 Å². The zero-order valence-electron chi connectivity index (χ0n) is 17.7. The molecule has 3 N–H and O–H groups in total. The van der Waals surface area contributed by atoms with Crippen LogP contribution >= 0.6 is 15.9 Å². The molecule has 2 saturated carbocycles. The Morgan fingerprint density at radius 2 is 2.03 bits per heavy atom. The predicted octanol–water partition coefficient (Wildman–Crippen LogP) is 2.88. The van der Waals surface area contributed by atoms with Crippen LogP contribution in [0, 0.1) is 22.2 Å². The van der Waals surface area contributed by atoms with E-state index in [1.54, 1.807) is 12.4 Å². The topological polar surface area (TPSA) is 107 Å². The Kier molecular flexibility index (Phi) is 6.75. The Bertz CT molecular complexity index is 836. The van der Waals surface area contributed by atoms with Gasteiger partial charge in [-0.15, -0.1) is 0 Å². The molecule has 30 heavy (non-hydrogen) atoms. The van der Waals surface area contributed by atoms with Crippen LogP contribution in [0.1, 0.15) is 45.6 Å². The third-order valence-corrected chi connectivity index (χ3v) is 7.66. The minimum atomic E-state index is -0.762. The summed E-state index contributed by atoms with van der Waals surface area (Å²) in [4.78, 5) is 32.7. The molecule has 2 aliphatic carbocycles. The number of amides is 2. The molecule has 0 radical (unpaired) electrons. The predicted molar refractivity (Wildman–Crippen MR) is 121 cm³/mol. The Balaban J connectivity index is 1.57. The van der Waals surface area contributed by atoms with E-state index in [1.807, 2.05) is 12.1 Å². The van der Waals surface area contributed by atoms with Crippen molar-refractivity contribution >= 4 is 39.7 Å². The lowest BCUT2D eigenvalue weighted by Crippen LogP contribution is -2.44. The van der Waals surface area contributed by atoms with Gasteiger partial charge in [0, 0.05) is 25.2 Å². The van der Waals surface area contributed by atoms with Gasteiger partial charge in [0.1, 0.15) is 4.83 Å². The summed E-state index contributed by atoms with van der Waals surface area (Å²) in [5, 5.41) is 13.2. The highest BCUT2D eigenvalue weighted by Crippen LogP contribution is 2.63. The number of hydrogen-bond acceptors (Lipinski definition) is 5. The molecule has 162 valence electrons. The molecule has 1 heterocycles. The molecular weight excluding hydrogens is 446 g/mol. The normalized spacial score (nSPS) is 28.1. The van der Waals surface area contributed by atoms with E-state index in [9.17, 15) is 9.59 Å². The van der Waals surface area contributed by atoms with Gasteiger partial charge in [-0.1, -0.05) is 36.7 Å². The molecular formula is C22H30BrN5O2. The van der Waals surface area contributed by atoms with Crippen molar-refractivity contribution < 1.29 is 9.59 Å². The molecule has 2 amide bonds. The molecule has 8 heteroatoms. The Morgan fingerprint density at radius 3 is 2.63 bits per heavy atom. The molecule has 2 aliphatic rings. The largest absolute Gasteiger partial charge is 0.350 e. The van der Waals surface area contributed by atoms with Crippen LogP contribution in [0.4, 0.5) is 0 Å². The van der Waals surface area contributed by atoms with Crippen LogP contribution in [0.5, 0.6) is 0 Å². The zero-order chi connectivity index (χ0) is 21.9. The first kappa shape index (κ1) is 22.6. The van der Waals surface area contributed by atoms with Crippen molar-refractivity contribution in [3.05, 3.63) is 30.1 Å². The number of halogens is 1. The fraction of sp³-hybridized carbons (Fsp3) is 0.591. The van der Waals surface area contributed by atoms with Gasteiger partial charge in [0.05, 0.1) is 18.3 Å². The standard InChI is InChI=1S/C22H30BrN5O2/c1-21(2)15-4-7-22(3,10-15)20(21)28-16(11-24)18(23)19(30)27-13-17(29)26-12-14-5-8-25-9-6-14/h5-6,8-9,11,15,18,20,24H,4,7,10,12-13H2,1-3H3,(H,26,29)(H,27,30)/t15-,18?,20-,22-/m0/s1. The van der Waals surface area contributed by atoms with Crippen LogP contribution in [0.25, 0.3) is 0 Å². The van der Waals surface area contributed by atoms with Gasteiger partial charge in [-0.25, -0.2) is 0 Å². The first-order valence-corrected chi connectivity index (χ1v) is 11.2. The van der Waals surface area contributed by atoms with E-state index in [-0.39, 0.29) is 35.2 Å². The summed E-state index contributed by atoms with van der Waals surface area (Å²) in [6, 6.07) is 3.72. The average Bonchev–Trinajstić information content (AvgIpc) is 3.21. The number of aromatic nitrogens is 1. The monoisotopic (exact) mass is 475 g/mol. The highest BCUT2D eigenvalue weighted by Gasteiger charge is 2.59. The first-order chi connectivity index (χ1) is 14.2. The average molecular weight is 476 g/mol. The van der Waals surface area contributed by atoms with E-state index < -0.39 is 4.83 Å². The molecule has 2 bridgehead atoms. The molecule has 0 spiro atoms. The molecule has 0 aliphatic heterocycles. The first-order valence-electron chi connectivity index (χ1n) is 10.3. The number of hydrogen-bond donors (Lipinski definition) is 3. The van der Waals surface area contributed by atoms with Gasteiger partial charge in [-0.3, -0.25) is 19.6 Å². The van der Waals surface area contributed by atoms with Crippen LogP contribution in [0.3, 0.4) is 0 Å². The van der Waals surface area contributed by atoms with Gasteiger partial charge in [-0.05, 0) is 53.7 Å². The number of carbonyl (C=O) groups is 2. The summed E-state index contributed by atoms with van der Waals surface area (Å²) in [5.74, 6) is -0.0210. The number of pyridine rings is 1. The summed E-state index contributed by atoms with van der Waals surface area (Å²) < 4.78 is 0. The van der Waals surface area contributed by atoms with E-state index >= 15 is 0 Å². The van der Waals surface area contributed by atoms with Crippen molar-refractivity contribution in [1.82, 2.24) is 15.6 Å². The third kappa shape index (κ3) is 4.63. The molecule has 3 rings (SSSR count). The molecule has 7 nitrogen and oxygen atoms in total. The van der Waals surface area contributed by atoms with Crippen LogP contribution in [-0.2, 0) is 16.1 Å². The minimum Gasteiger partial charge on any atom is -0.350 e. The summed E-state index contributed by atoms with van der Waals surface area (Å²) >= 11 is 3.38. The fourth-order valence-electron chi connectivity index (χ4n) is 5.08. The van der Waals surface area contributed by atoms with E-state index in [1.165, 1.54) is 6.42 Å². The van der Waals surface area contributed by atoms with Crippen molar-refractivity contribution in [2.75, 3.05) is 6.54 Å². The quantitative estimate of drug-likeness (QED) is 0.397. The van der Waals surface area contributed by atoms with Gasteiger partial charge in [0.15, 0.2) is 0 Å². The summed E-state index contributed by atoms with van der Waals surface area (Å²) in [7, 11) is 0. The maximum absolute atomic E-state index is 12.6. The summed E-state index contributed by atoms with van der Waals surface area (Å²) in [6.07, 6.45) is 7.98. The number of alkyl halides is 1. The van der Waals surface area contributed by atoms with Gasteiger partial charge < -0.3 is 16.0 Å². The molecule has 0 aromatic carbocycles. The summed E-state index contributed by atoms with van der Waals surface area (Å²) in [5.41, 5.74) is 1.51. The van der Waals surface area contributed by atoms with Crippen LogP contribution in [-0.4, -0.2) is 46.1 Å². The van der Waals surface area contributed by atoms with Crippen molar-refractivity contribution in [2.24, 2.45) is 21.7 Å². The number of nitrogens with zero attached hydrogens (tertiary/aromatic N) is 2. The SMILES string of the molecule is CC1(C)[C@H]2CC[C@@](C)(C2)[C@H]1N=C(C=N)C(Br)C(=O)NCC(=O)NCc1ccncc1. The number of carbonyl (C=O) groups excluding carboxylic acids is 2. The van der Waals surface area contributed by atoms with E-state index in [2.05, 4.69) is 52.3 Å². The van der Waals surface area contributed by atoms with E-state index in [4.69, 9.17) is 10.4 Å². The molecule has 4 atom stereocenters. The van der Waals surface area contributed by atoms with E-state index in [0.717, 1.165) is 24.6 Å². The Hall–Kier alpha value is -2.09. The molecule has 0 saturated heterocycles. The van der Waals surface area contributed by atoms with Crippen LogP contribution < -0.4 is 10.6 Å². The van der Waals surface area contributed by atoms with Gasteiger partial charge in [0.25, 0.3) is 0 Å². The maximum Gasteiger partial charge on any atom is 0.240 e. The number of aliphatic imine (C=N–C) groups is 1. The number of fused-ring (bicyclic) bond motifs is 2. The second kappa shape index (κ2) is 8.96. The van der Waals surface area contributed by atoms with Crippen molar-refractivity contribution in [2.45, 2.75) is 57.4 Å². The van der Waals surface area contributed by atoms with Crippen molar-refractivity contribution in [1.29, 1.82) is 5.41 Å². The second-order valence-corrected chi connectivity index (χ2v) is 10.1. The molecule has 1 aromatic rings.